The summed E-state index contributed by atoms with van der Waals surface area (Å²) in [7, 11) is 0. The molecule has 0 bridgehead atoms. The highest BCUT2D eigenvalue weighted by molar-refractivity contribution is 6.42. The maximum atomic E-state index is 13.5. The van der Waals surface area contributed by atoms with Crippen LogP contribution in [0.15, 0.2) is 30.3 Å². The van der Waals surface area contributed by atoms with Gasteiger partial charge in [-0.15, -0.1) is 0 Å². The first-order valence-electron chi connectivity index (χ1n) is 5.64. The second kappa shape index (κ2) is 6.15. The lowest BCUT2D eigenvalue weighted by atomic mass is 10.2. The van der Waals surface area contributed by atoms with Gasteiger partial charge in [0.25, 0.3) is 0 Å². The second-order valence-electron chi connectivity index (χ2n) is 4.06. The Morgan fingerprint density at radius 2 is 1.76 bits per heavy atom. The van der Waals surface area contributed by atoms with Gasteiger partial charge >= 0.3 is 6.03 Å². The summed E-state index contributed by atoms with van der Waals surface area (Å²) in [6.45, 7) is 0. The van der Waals surface area contributed by atoms with E-state index in [-0.39, 0.29) is 16.4 Å². The average molecular weight is 332 g/mol. The molecule has 0 radical (unpaired) electrons. The molecular formula is C13H9Cl2F2N3O. The number of amides is 2. The molecule has 0 aromatic heterocycles. The maximum absolute atomic E-state index is 13.5. The molecule has 4 nitrogen and oxygen atoms in total. The van der Waals surface area contributed by atoms with E-state index in [1.165, 1.54) is 18.2 Å². The van der Waals surface area contributed by atoms with E-state index in [0.717, 1.165) is 6.07 Å². The van der Waals surface area contributed by atoms with Crippen LogP contribution in [0.3, 0.4) is 0 Å². The molecule has 2 amide bonds. The summed E-state index contributed by atoms with van der Waals surface area (Å²) < 4.78 is 26.4. The Balaban J connectivity index is 2.13. The zero-order chi connectivity index (χ0) is 15.6. The highest BCUT2D eigenvalue weighted by Gasteiger charge is 2.12. The van der Waals surface area contributed by atoms with E-state index in [1.54, 1.807) is 0 Å². The molecule has 0 aliphatic heterocycles. The fraction of sp³-hybridized carbons (Fsp3) is 0. The van der Waals surface area contributed by atoms with Crippen LogP contribution in [0.1, 0.15) is 0 Å². The van der Waals surface area contributed by atoms with Crippen molar-refractivity contribution in [3.8, 4) is 0 Å². The van der Waals surface area contributed by atoms with E-state index >= 15 is 0 Å². The quantitative estimate of drug-likeness (QED) is 0.709. The SMILES string of the molecule is Nc1cc(F)cc(F)c1NC(=O)Nc1ccc(Cl)c(Cl)c1. The molecule has 0 saturated carbocycles. The lowest BCUT2D eigenvalue weighted by Gasteiger charge is -2.11. The highest BCUT2D eigenvalue weighted by atomic mass is 35.5. The number of nitrogens with one attached hydrogen (secondary N) is 2. The Labute approximate surface area is 128 Å². The molecule has 2 aromatic carbocycles. The number of nitrogens with two attached hydrogens (primary N) is 1. The largest absolute Gasteiger partial charge is 0.397 e. The third-order valence-electron chi connectivity index (χ3n) is 2.50. The number of benzene rings is 2. The summed E-state index contributed by atoms with van der Waals surface area (Å²) in [6.07, 6.45) is 0. The first-order chi connectivity index (χ1) is 9.86. The highest BCUT2D eigenvalue weighted by Crippen LogP contribution is 2.26. The summed E-state index contributed by atoms with van der Waals surface area (Å²) in [4.78, 5) is 11.8. The van der Waals surface area contributed by atoms with Crippen molar-refractivity contribution in [2.45, 2.75) is 0 Å². The minimum Gasteiger partial charge on any atom is -0.397 e. The molecule has 110 valence electrons. The minimum absolute atomic E-state index is 0.225. The number of nitrogen functional groups attached to an aromatic ring is 1. The van der Waals surface area contributed by atoms with Crippen LogP contribution in [0.2, 0.25) is 10.0 Å². The molecule has 0 atom stereocenters. The molecule has 0 heterocycles. The van der Waals surface area contributed by atoms with E-state index in [0.29, 0.717) is 16.8 Å². The van der Waals surface area contributed by atoms with Crippen LogP contribution in [-0.2, 0) is 0 Å². The van der Waals surface area contributed by atoms with E-state index < -0.39 is 17.7 Å². The summed E-state index contributed by atoms with van der Waals surface area (Å²) >= 11 is 11.5. The van der Waals surface area contributed by atoms with Crippen molar-refractivity contribution in [2.75, 3.05) is 16.4 Å². The van der Waals surface area contributed by atoms with Gasteiger partial charge in [-0.05, 0) is 24.3 Å². The van der Waals surface area contributed by atoms with Crippen molar-refractivity contribution in [1.82, 2.24) is 0 Å². The lowest BCUT2D eigenvalue weighted by molar-refractivity contribution is 0.262. The summed E-state index contributed by atoms with van der Waals surface area (Å²) in [5.41, 5.74) is 5.26. The number of urea groups is 1. The molecule has 0 fully saturated rings. The Bertz CT molecular complexity index is 687. The fourth-order valence-corrected chi connectivity index (χ4v) is 1.87. The van der Waals surface area contributed by atoms with Crippen molar-refractivity contribution < 1.29 is 13.6 Å². The third-order valence-corrected chi connectivity index (χ3v) is 3.24. The van der Waals surface area contributed by atoms with Crippen LogP contribution >= 0.6 is 23.2 Å². The van der Waals surface area contributed by atoms with Crippen LogP contribution in [0.4, 0.5) is 30.6 Å². The van der Waals surface area contributed by atoms with E-state index in [2.05, 4.69) is 10.6 Å². The van der Waals surface area contributed by atoms with Gasteiger partial charge in [0.05, 0.1) is 15.7 Å². The van der Waals surface area contributed by atoms with E-state index in [4.69, 9.17) is 28.9 Å². The maximum Gasteiger partial charge on any atom is 0.323 e. The van der Waals surface area contributed by atoms with Gasteiger partial charge in [-0.25, -0.2) is 13.6 Å². The van der Waals surface area contributed by atoms with E-state index in [1.807, 2.05) is 0 Å². The van der Waals surface area contributed by atoms with Gasteiger partial charge in [0, 0.05) is 11.8 Å². The summed E-state index contributed by atoms with van der Waals surface area (Å²) in [5.74, 6) is -1.81. The van der Waals surface area contributed by atoms with Gasteiger partial charge in [0.2, 0.25) is 0 Å². The average Bonchev–Trinajstić information content (AvgIpc) is 2.38. The zero-order valence-corrected chi connectivity index (χ0v) is 11.9. The predicted molar refractivity (Wildman–Crippen MR) is 79.9 cm³/mol. The predicted octanol–water partition coefficient (Wildman–Crippen LogP) is 4.50. The standard InChI is InChI=1S/C13H9Cl2F2N3O/c14-8-2-1-7(5-9(8)15)19-13(21)20-12-10(17)3-6(16)4-11(12)18/h1-5H,18H2,(H2,19,20,21). The Hall–Kier alpha value is -2.05. The van der Waals surface area contributed by atoms with Crippen molar-refractivity contribution in [3.05, 3.63) is 52.0 Å². The molecule has 2 rings (SSSR count). The number of rotatable bonds is 2. The molecule has 2 aromatic rings. The van der Waals surface area contributed by atoms with Crippen LogP contribution in [-0.4, -0.2) is 6.03 Å². The van der Waals surface area contributed by atoms with Crippen LogP contribution in [0.5, 0.6) is 0 Å². The topological polar surface area (TPSA) is 67.1 Å². The lowest BCUT2D eigenvalue weighted by Crippen LogP contribution is -2.21. The number of hydrogen-bond acceptors (Lipinski definition) is 2. The normalized spacial score (nSPS) is 10.3. The Morgan fingerprint density at radius 1 is 1.05 bits per heavy atom. The Kier molecular flexibility index (Phi) is 4.50. The molecule has 0 spiro atoms. The first-order valence-corrected chi connectivity index (χ1v) is 6.40. The molecule has 0 aliphatic rings. The fourth-order valence-electron chi connectivity index (χ4n) is 1.58. The summed E-state index contributed by atoms with van der Waals surface area (Å²) in [5, 5.41) is 5.20. The molecule has 8 heteroatoms. The molecule has 21 heavy (non-hydrogen) atoms. The van der Waals surface area contributed by atoms with Crippen molar-refractivity contribution in [1.29, 1.82) is 0 Å². The number of anilines is 3. The third kappa shape index (κ3) is 3.74. The van der Waals surface area contributed by atoms with Crippen LogP contribution in [0.25, 0.3) is 0 Å². The first kappa shape index (κ1) is 15.3. The zero-order valence-electron chi connectivity index (χ0n) is 10.4. The van der Waals surface area contributed by atoms with Crippen LogP contribution in [0, 0.1) is 11.6 Å². The number of halogens is 4. The van der Waals surface area contributed by atoms with Gasteiger partial charge < -0.3 is 16.4 Å². The smallest absolute Gasteiger partial charge is 0.323 e. The van der Waals surface area contributed by atoms with Crippen molar-refractivity contribution in [2.24, 2.45) is 0 Å². The van der Waals surface area contributed by atoms with Gasteiger partial charge in [-0.2, -0.15) is 0 Å². The summed E-state index contributed by atoms with van der Waals surface area (Å²) in [6, 6.07) is 5.19. The van der Waals surface area contributed by atoms with Crippen molar-refractivity contribution in [3.63, 3.8) is 0 Å². The Morgan fingerprint density at radius 3 is 2.38 bits per heavy atom. The van der Waals surface area contributed by atoms with Crippen molar-refractivity contribution >= 4 is 46.3 Å². The molecule has 0 unspecified atom stereocenters. The molecular weight excluding hydrogens is 323 g/mol. The second-order valence-corrected chi connectivity index (χ2v) is 4.87. The number of hydrogen-bond donors (Lipinski definition) is 3. The van der Waals surface area contributed by atoms with Gasteiger partial charge in [-0.3, -0.25) is 0 Å². The van der Waals surface area contributed by atoms with Gasteiger partial charge in [0.15, 0.2) is 5.82 Å². The monoisotopic (exact) mass is 331 g/mol. The molecule has 0 saturated heterocycles. The van der Waals surface area contributed by atoms with Gasteiger partial charge in [-0.1, -0.05) is 23.2 Å². The van der Waals surface area contributed by atoms with Gasteiger partial charge in [0.1, 0.15) is 11.5 Å². The van der Waals surface area contributed by atoms with Crippen LogP contribution < -0.4 is 16.4 Å². The number of carbonyl (C=O) groups excluding carboxylic acids is 1. The van der Waals surface area contributed by atoms with E-state index in [9.17, 15) is 13.6 Å². The minimum atomic E-state index is -0.975. The molecule has 0 aliphatic carbocycles. The number of carbonyl (C=O) groups is 1. The molecule has 4 N–H and O–H groups in total.